The second-order valence-corrected chi connectivity index (χ2v) is 7.30. The number of allylic oxidation sites excluding steroid dienone is 1. The number of nitrogens with zero attached hydrogens (tertiary/aromatic N) is 4. The predicted octanol–water partition coefficient (Wildman–Crippen LogP) is 3.75. The molecule has 3 aromatic rings. The average molecular weight is 415 g/mol. The zero-order valence-electron chi connectivity index (χ0n) is 17.5. The Morgan fingerprint density at radius 2 is 1.77 bits per heavy atom. The highest BCUT2D eigenvalue weighted by atomic mass is 16.3. The Bertz CT molecular complexity index is 1240. The fourth-order valence-electron chi connectivity index (χ4n) is 3.75. The van der Waals surface area contributed by atoms with Crippen LogP contribution in [0.5, 0.6) is 0 Å². The maximum absolute atomic E-state index is 12.8. The van der Waals surface area contributed by atoms with Crippen molar-refractivity contribution < 1.29 is 14.0 Å². The van der Waals surface area contributed by atoms with Gasteiger partial charge >= 0.3 is 0 Å². The predicted molar refractivity (Wildman–Crippen MR) is 118 cm³/mol. The average Bonchev–Trinajstić information content (AvgIpc) is 3.24. The van der Waals surface area contributed by atoms with Crippen molar-refractivity contribution >= 4 is 39.9 Å². The number of amides is 1. The van der Waals surface area contributed by atoms with Crippen molar-refractivity contribution in [1.29, 1.82) is 5.26 Å². The van der Waals surface area contributed by atoms with Gasteiger partial charge in [0.2, 0.25) is 5.91 Å². The number of aromatic nitrogens is 1. The lowest BCUT2D eigenvalue weighted by Crippen LogP contribution is -2.26. The molecular weight excluding hydrogens is 394 g/mol. The summed E-state index contributed by atoms with van der Waals surface area (Å²) >= 11 is 0. The number of anilines is 3. The van der Waals surface area contributed by atoms with Crippen LogP contribution in [0.3, 0.4) is 0 Å². The number of ketones is 1. The largest absolute Gasteiger partial charge is 0.441 e. The van der Waals surface area contributed by atoms with Crippen molar-refractivity contribution in [1.82, 2.24) is 4.98 Å². The second kappa shape index (κ2) is 7.95. The molecule has 8 nitrogen and oxygen atoms in total. The molecule has 1 aliphatic heterocycles. The van der Waals surface area contributed by atoms with Gasteiger partial charge in [0.25, 0.3) is 0 Å². The lowest BCUT2D eigenvalue weighted by molar-refractivity contribution is -0.120. The van der Waals surface area contributed by atoms with Crippen LogP contribution in [-0.4, -0.2) is 30.8 Å². The molecule has 4 rings (SSSR count). The number of benzene rings is 2. The van der Waals surface area contributed by atoms with Gasteiger partial charge in [0.1, 0.15) is 23.0 Å². The first kappa shape index (κ1) is 20.2. The molecule has 31 heavy (non-hydrogen) atoms. The van der Waals surface area contributed by atoms with Crippen LogP contribution in [0.1, 0.15) is 18.7 Å². The smallest absolute Gasteiger partial charge is 0.224 e. The van der Waals surface area contributed by atoms with Gasteiger partial charge < -0.3 is 19.5 Å². The number of para-hydroxylation sites is 2. The van der Waals surface area contributed by atoms with Gasteiger partial charge in [0.05, 0.1) is 11.4 Å². The number of hydrogen-bond donors (Lipinski definition) is 1. The van der Waals surface area contributed by atoms with E-state index in [0.29, 0.717) is 28.5 Å². The van der Waals surface area contributed by atoms with E-state index in [0.717, 1.165) is 11.4 Å². The van der Waals surface area contributed by atoms with E-state index < -0.39 is 0 Å². The van der Waals surface area contributed by atoms with Crippen LogP contribution in [0.25, 0.3) is 11.1 Å². The van der Waals surface area contributed by atoms with Gasteiger partial charge in [0, 0.05) is 39.5 Å². The van der Waals surface area contributed by atoms with Crippen molar-refractivity contribution in [3.8, 4) is 6.07 Å². The highest BCUT2D eigenvalue weighted by Gasteiger charge is 2.31. The van der Waals surface area contributed by atoms with Crippen LogP contribution in [-0.2, 0) is 9.59 Å². The van der Waals surface area contributed by atoms with E-state index in [1.54, 1.807) is 25.1 Å². The molecule has 8 heteroatoms. The maximum Gasteiger partial charge on any atom is 0.224 e. The second-order valence-electron chi connectivity index (χ2n) is 7.30. The molecule has 0 atom stereocenters. The molecule has 0 radical (unpaired) electrons. The van der Waals surface area contributed by atoms with Gasteiger partial charge in [-0.25, -0.2) is 4.98 Å². The molecule has 0 saturated heterocycles. The van der Waals surface area contributed by atoms with Crippen molar-refractivity contribution in [3.05, 3.63) is 59.7 Å². The Hall–Kier alpha value is -4.12. The van der Waals surface area contributed by atoms with Crippen LogP contribution in [0.4, 0.5) is 17.1 Å². The van der Waals surface area contributed by atoms with E-state index in [9.17, 15) is 14.9 Å². The van der Waals surface area contributed by atoms with Crippen molar-refractivity contribution in [2.45, 2.75) is 19.8 Å². The molecule has 1 N–H and O–H groups in total. The Balaban J connectivity index is 1.45. The standard InChI is InChI=1S/C23H21N5O3/c1-14-25-17-12-15(8-10-21(17)31-14)26-22(30)11-9-20(29)16(13-24)23-27(2)18-6-4-5-7-19(18)28(23)3/h4-8,10,12H,9,11H2,1-3H3,(H,26,30). The zero-order valence-corrected chi connectivity index (χ0v) is 17.5. The van der Waals surface area contributed by atoms with E-state index >= 15 is 0 Å². The Labute approximate surface area is 179 Å². The molecule has 0 unspecified atom stereocenters. The molecule has 0 bridgehead atoms. The number of hydrogen-bond acceptors (Lipinski definition) is 7. The summed E-state index contributed by atoms with van der Waals surface area (Å²) in [5, 5.41) is 12.4. The first-order chi connectivity index (χ1) is 14.9. The van der Waals surface area contributed by atoms with E-state index in [-0.39, 0.29) is 30.1 Å². The minimum Gasteiger partial charge on any atom is -0.441 e. The molecule has 1 amide bonds. The monoisotopic (exact) mass is 415 g/mol. The molecule has 2 heterocycles. The molecule has 0 fully saturated rings. The maximum atomic E-state index is 12.8. The quantitative estimate of drug-likeness (QED) is 0.500. The topological polar surface area (TPSA) is 102 Å². The third-order valence-electron chi connectivity index (χ3n) is 5.21. The molecular formula is C23H21N5O3. The van der Waals surface area contributed by atoms with E-state index in [2.05, 4.69) is 10.3 Å². The van der Waals surface area contributed by atoms with Crippen molar-refractivity contribution in [2.24, 2.45) is 0 Å². The summed E-state index contributed by atoms with van der Waals surface area (Å²) in [4.78, 5) is 33.1. The molecule has 1 aromatic heterocycles. The highest BCUT2D eigenvalue weighted by Crippen LogP contribution is 2.40. The fourth-order valence-corrected chi connectivity index (χ4v) is 3.75. The first-order valence-corrected chi connectivity index (χ1v) is 9.80. The number of oxazole rings is 1. The lowest BCUT2D eigenvalue weighted by atomic mass is 10.1. The lowest BCUT2D eigenvalue weighted by Gasteiger charge is -2.19. The summed E-state index contributed by atoms with van der Waals surface area (Å²) in [7, 11) is 3.63. The highest BCUT2D eigenvalue weighted by molar-refractivity contribution is 6.04. The molecule has 156 valence electrons. The Kier molecular flexibility index (Phi) is 5.17. The normalized spacial score (nSPS) is 12.6. The summed E-state index contributed by atoms with van der Waals surface area (Å²) in [6, 6.07) is 14.9. The fraction of sp³-hybridized carbons (Fsp3) is 0.217. The number of Topliss-reactive ketones (excluding diaryl/α,β-unsaturated/α-hetero) is 1. The zero-order chi connectivity index (χ0) is 22.1. The van der Waals surface area contributed by atoms with Gasteiger partial charge in [-0.05, 0) is 30.3 Å². The SMILES string of the molecule is Cc1nc2cc(NC(=O)CCC(=O)C(C#N)=C3N(C)c4ccccc4N3C)ccc2o1. The third-order valence-corrected chi connectivity index (χ3v) is 5.21. The summed E-state index contributed by atoms with van der Waals surface area (Å²) in [5.41, 5.74) is 3.72. The van der Waals surface area contributed by atoms with Gasteiger partial charge in [-0.1, -0.05) is 12.1 Å². The van der Waals surface area contributed by atoms with Gasteiger partial charge in [-0.2, -0.15) is 5.26 Å². The van der Waals surface area contributed by atoms with Crippen LogP contribution in [0.15, 0.2) is 58.3 Å². The van der Waals surface area contributed by atoms with Gasteiger partial charge in [-0.3, -0.25) is 9.59 Å². The van der Waals surface area contributed by atoms with Gasteiger partial charge in [0.15, 0.2) is 17.3 Å². The van der Waals surface area contributed by atoms with E-state index in [1.165, 1.54) is 0 Å². The molecule has 0 saturated carbocycles. The summed E-state index contributed by atoms with van der Waals surface area (Å²) in [5.74, 6) is 0.375. The van der Waals surface area contributed by atoms with Crippen LogP contribution in [0.2, 0.25) is 0 Å². The Morgan fingerprint density at radius 1 is 1.10 bits per heavy atom. The van der Waals surface area contributed by atoms with Crippen LogP contribution in [0, 0.1) is 18.3 Å². The summed E-state index contributed by atoms with van der Waals surface area (Å²) in [6.45, 7) is 1.75. The first-order valence-electron chi connectivity index (χ1n) is 9.80. The summed E-state index contributed by atoms with van der Waals surface area (Å²) in [6.07, 6.45) is -0.102. The number of carbonyl (C=O) groups is 2. The molecule has 0 spiro atoms. The minimum absolute atomic E-state index is 0.0342. The number of carbonyl (C=O) groups excluding carboxylic acids is 2. The minimum atomic E-state index is -0.373. The number of fused-ring (bicyclic) bond motifs is 2. The van der Waals surface area contributed by atoms with E-state index in [1.807, 2.05) is 54.2 Å². The van der Waals surface area contributed by atoms with Crippen molar-refractivity contribution in [3.63, 3.8) is 0 Å². The third kappa shape index (κ3) is 3.73. The molecule has 2 aromatic carbocycles. The van der Waals surface area contributed by atoms with Gasteiger partial charge in [-0.15, -0.1) is 0 Å². The Morgan fingerprint density at radius 3 is 2.42 bits per heavy atom. The number of nitriles is 1. The number of nitrogens with one attached hydrogen (secondary N) is 1. The molecule has 1 aliphatic rings. The van der Waals surface area contributed by atoms with Crippen molar-refractivity contribution in [2.75, 3.05) is 29.2 Å². The van der Waals surface area contributed by atoms with Crippen LogP contribution >= 0.6 is 0 Å². The summed E-state index contributed by atoms with van der Waals surface area (Å²) < 4.78 is 5.42. The van der Waals surface area contributed by atoms with Crippen LogP contribution < -0.4 is 15.1 Å². The van der Waals surface area contributed by atoms with E-state index in [4.69, 9.17) is 4.42 Å². The molecule has 0 aliphatic carbocycles. The number of rotatable bonds is 5. The number of aryl methyl sites for hydroxylation is 1.